The third kappa shape index (κ3) is 2.63. The summed E-state index contributed by atoms with van der Waals surface area (Å²) in [5.41, 5.74) is 2.16. The first kappa shape index (κ1) is 14.1. The number of ether oxygens (including phenoxy) is 1. The number of methoxy groups -OCH3 is 1. The van der Waals surface area contributed by atoms with Gasteiger partial charge in [-0.3, -0.25) is 0 Å². The zero-order chi connectivity index (χ0) is 15.5. The fraction of sp³-hybridized carbons (Fsp3) is 0.111. The summed E-state index contributed by atoms with van der Waals surface area (Å²) < 4.78 is 5.29. The highest BCUT2D eigenvalue weighted by Crippen LogP contribution is 2.37. The summed E-state index contributed by atoms with van der Waals surface area (Å²) >= 11 is 0. The quantitative estimate of drug-likeness (QED) is 0.668. The van der Waals surface area contributed by atoms with Crippen LogP contribution in [0.1, 0.15) is 5.56 Å². The van der Waals surface area contributed by atoms with E-state index in [1.807, 2.05) is 55.5 Å². The first-order chi connectivity index (χ1) is 10.7. The van der Waals surface area contributed by atoms with E-state index in [2.05, 4.69) is 10.2 Å². The molecule has 0 fully saturated rings. The molecule has 4 nitrogen and oxygen atoms in total. The predicted molar refractivity (Wildman–Crippen MR) is 87.5 cm³/mol. The molecule has 3 aromatic carbocycles. The SMILES string of the molecule is COc1ccc(C)cc1N=Nc1c(O)ccc2ccccc12. The molecular formula is C18H16N2O2. The molecule has 0 heterocycles. The minimum Gasteiger partial charge on any atom is -0.506 e. The highest BCUT2D eigenvalue weighted by atomic mass is 16.5. The fourth-order valence-corrected chi connectivity index (χ4v) is 2.33. The molecule has 0 saturated carbocycles. The number of aromatic hydroxyl groups is 1. The first-order valence-electron chi connectivity index (χ1n) is 6.96. The fourth-order valence-electron chi connectivity index (χ4n) is 2.33. The van der Waals surface area contributed by atoms with Crippen LogP contribution in [0.4, 0.5) is 11.4 Å². The number of azo groups is 1. The number of hydrogen-bond acceptors (Lipinski definition) is 4. The van der Waals surface area contributed by atoms with Gasteiger partial charge in [-0.1, -0.05) is 36.4 Å². The summed E-state index contributed by atoms with van der Waals surface area (Å²) in [6.07, 6.45) is 0. The van der Waals surface area contributed by atoms with Crippen LogP contribution in [0.15, 0.2) is 64.8 Å². The van der Waals surface area contributed by atoms with Crippen LogP contribution in [0.2, 0.25) is 0 Å². The van der Waals surface area contributed by atoms with Gasteiger partial charge in [0.15, 0.2) is 0 Å². The number of hydrogen-bond donors (Lipinski definition) is 1. The third-order valence-corrected chi connectivity index (χ3v) is 3.47. The van der Waals surface area contributed by atoms with Crippen LogP contribution in [0, 0.1) is 6.92 Å². The van der Waals surface area contributed by atoms with Crippen molar-refractivity contribution in [1.29, 1.82) is 0 Å². The molecule has 0 radical (unpaired) electrons. The maximum Gasteiger partial charge on any atom is 0.146 e. The van der Waals surface area contributed by atoms with Crippen molar-refractivity contribution >= 4 is 22.1 Å². The van der Waals surface area contributed by atoms with Crippen molar-refractivity contribution in [3.8, 4) is 11.5 Å². The lowest BCUT2D eigenvalue weighted by Gasteiger charge is -2.06. The highest BCUT2D eigenvalue weighted by molar-refractivity contribution is 5.95. The third-order valence-electron chi connectivity index (χ3n) is 3.47. The molecule has 22 heavy (non-hydrogen) atoms. The van der Waals surface area contributed by atoms with Crippen molar-refractivity contribution in [2.45, 2.75) is 6.92 Å². The number of benzene rings is 3. The molecule has 0 spiro atoms. The maximum atomic E-state index is 10.1. The van der Waals surface area contributed by atoms with Crippen molar-refractivity contribution < 1.29 is 9.84 Å². The van der Waals surface area contributed by atoms with Gasteiger partial charge in [-0.2, -0.15) is 0 Å². The van der Waals surface area contributed by atoms with E-state index in [0.29, 0.717) is 17.1 Å². The Morgan fingerprint density at radius 1 is 0.955 bits per heavy atom. The van der Waals surface area contributed by atoms with Gasteiger partial charge in [-0.15, -0.1) is 10.2 Å². The lowest BCUT2D eigenvalue weighted by molar-refractivity contribution is 0.415. The zero-order valence-electron chi connectivity index (χ0n) is 12.4. The summed E-state index contributed by atoms with van der Waals surface area (Å²) in [7, 11) is 1.60. The Balaban J connectivity index is 2.10. The van der Waals surface area contributed by atoms with Gasteiger partial charge in [0.1, 0.15) is 22.9 Å². The Morgan fingerprint density at radius 2 is 1.77 bits per heavy atom. The predicted octanol–water partition coefficient (Wildman–Crippen LogP) is 5.28. The Kier molecular flexibility index (Phi) is 3.74. The lowest BCUT2D eigenvalue weighted by atomic mass is 10.1. The number of fused-ring (bicyclic) bond motifs is 1. The second-order valence-electron chi connectivity index (χ2n) is 5.03. The highest BCUT2D eigenvalue weighted by Gasteiger charge is 2.07. The lowest BCUT2D eigenvalue weighted by Crippen LogP contribution is -1.83. The average molecular weight is 292 g/mol. The summed E-state index contributed by atoms with van der Waals surface area (Å²) in [5, 5.41) is 20.5. The van der Waals surface area contributed by atoms with Crippen LogP contribution in [0.25, 0.3) is 10.8 Å². The smallest absolute Gasteiger partial charge is 0.146 e. The monoisotopic (exact) mass is 292 g/mol. The Hall–Kier alpha value is -2.88. The molecule has 0 saturated heterocycles. The molecule has 110 valence electrons. The molecule has 3 aromatic rings. The average Bonchev–Trinajstić information content (AvgIpc) is 2.54. The first-order valence-corrected chi connectivity index (χ1v) is 6.96. The van der Waals surface area contributed by atoms with Gasteiger partial charge in [0.25, 0.3) is 0 Å². The van der Waals surface area contributed by atoms with Gasteiger partial charge >= 0.3 is 0 Å². The van der Waals surface area contributed by atoms with E-state index in [9.17, 15) is 5.11 Å². The minimum atomic E-state index is 0.106. The van der Waals surface area contributed by atoms with Gasteiger partial charge in [0, 0.05) is 5.39 Å². The van der Waals surface area contributed by atoms with E-state index in [0.717, 1.165) is 16.3 Å². The Labute approximate surface area is 128 Å². The maximum absolute atomic E-state index is 10.1. The van der Waals surface area contributed by atoms with Crippen molar-refractivity contribution in [2.24, 2.45) is 10.2 Å². The van der Waals surface area contributed by atoms with Crippen LogP contribution in [-0.2, 0) is 0 Å². The van der Waals surface area contributed by atoms with E-state index < -0.39 is 0 Å². The van der Waals surface area contributed by atoms with Crippen LogP contribution in [-0.4, -0.2) is 12.2 Å². The van der Waals surface area contributed by atoms with Gasteiger partial charge in [-0.25, -0.2) is 0 Å². The molecule has 0 atom stereocenters. The number of aryl methyl sites for hydroxylation is 1. The van der Waals surface area contributed by atoms with Crippen molar-refractivity contribution in [3.05, 3.63) is 60.2 Å². The van der Waals surface area contributed by atoms with Crippen LogP contribution in [0.5, 0.6) is 11.5 Å². The van der Waals surface area contributed by atoms with Crippen molar-refractivity contribution in [1.82, 2.24) is 0 Å². The number of nitrogens with zero attached hydrogens (tertiary/aromatic N) is 2. The van der Waals surface area contributed by atoms with Gasteiger partial charge < -0.3 is 9.84 Å². The number of phenolic OH excluding ortho intramolecular Hbond substituents is 1. The van der Waals surface area contributed by atoms with Gasteiger partial charge in [0.2, 0.25) is 0 Å². The van der Waals surface area contributed by atoms with E-state index in [4.69, 9.17) is 4.74 Å². The minimum absolute atomic E-state index is 0.106. The molecular weight excluding hydrogens is 276 g/mol. The van der Waals surface area contributed by atoms with E-state index in [1.54, 1.807) is 13.2 Å². The largest absolute Gasteiger partial charge is 0.506 e. The Bertz CT molecular complexity index is 857. The summed E-state index contributed by atoms with van der Waals surface area (Å²) in [6.45, 7) is 1.98. The molecule has 3 rings (SSSR count). The molecule has 0 unspecified atom stereocenters. The van der Waals surface area contributed by atoms with Crippen LogP contribution < -0.4 is 4.74 Å². The summed E-state index contributed by atoms with van der Waals surface area (Å²) in [5.74, 6) is 0.753. The molecule has 0 amide bonds. The summed E-state index contributed by atoms with van der Waals surface area (Å²) in [6, 6.07) is 16.9. The Morgan fingerprint density at radius 3 is 2.59 bits per heavy atom. The van der Waals surface area contributed by atoms with Crippen molar-refractivity contribution in [3.63, 3.8) is 0 Å². The molecule has 4 heteroatoms. The van der Waals surface area contributed by atoms with E-state index >= 15 is 0 Å². The van der Waals surface area contributed by atoms with E-state index in [-0.39, 0.29) is 5.75 Å². The van der Waals surface area contributed by atoms with Gasteiger partial charge in [0.05, 0.1) is 7.11 Å². The zero-order valence-corrected chi connectivity index (χ0v) is 12.4. The molecule has 0 bridgehead atoms. The molecule has 0 aliphatic carbocycles. The van der Waals surface area contributed by atoms with Crippen molar-refractivity contribution in [2.75, 3.05) is 7.11 Å². The topological polar surface area (TPSA) is 54.2 Å². The van der Waals surface area contributed by atoms with Crippen LogP contribution in [0.3, 0.4) is 0 Å². The number of phenols is 1. The summed E-state index contributed by atoms with van der Waals surface area (Å²) in [4.78, 5) is 0. The molecule has 1 N–H and O–H groups in total. The normalized spacial score (nSPS) is 11.2. The van der Waals surface area contributed by atoms with Crippen LogP contribution >= 0.6 is 0 Å². The molecule has 0 aromatic heterocycles. The second kappa shape index (κ2) is 5.85. The number of rotatable bonds is 3. The van der Waals surface area contributed by atoms with E-state index in [1.165, 1.54) is 0 Å². The standard InChI is InChI=1S/C18H16N2O2/c1-12-7-10-17(22-2)15(11-12)19-20-18-14-6-4-3-5-13(14)8-9-16(18)21/h3-11,21H,1-2H3. The molecule has 0 aliphatic heterocycles. The molecule has 0 aliphatic rings. The van der Waals surface area contributed by atoms with Gasteiger partial charge in [-0.05, 0) is 36.1 Å². The second-order valence-corrected chi connectivity index (χ2v) is 5.03.